The number of carbonyl (C=O) groups excluding carboxylic acids is 1. The smallest absolute Gasteiger partial charge is 0.332 e. The lowest BCUT2D eigenvalue weighted by Gasteiger charge is -2.35. The molecule has 1 aliphatic rings. The quantitative estimate of drug-likeness (QED) is 0.752. The van der Waals surface area contributed by atoms with Crippen molar-refractivity contribution >= 4 is 5.97 Å². The van der Waals surface area contributed by atoms with Crippen LogP contribution >= 0.6 is 0 Å². The molecule has 1 heterocycles. The summed E-state index contributed by atoms with van der Waals surface area (Å²) in [4.78, 5) is 14.0. The van der Waals surface area contributed by atoms with Gasteiger partial charge in [0.1, 0.15) is 12.2 Å². The predicted molar refractivity (Wildman–Crippen MR) is 88.1 cm³/mol. The van der Waals surface area contributed by atoms with Gasteiger partial charge in [-0.05, 0) is 26.3 Å². The van der Waals surface area contributed by atoms with Gasteiger partial charge < -0.3 is 14.2 Å². The van der Waals surface area contributed by atoms with Crippen molar-refractivity contribution in [3.05, 3.63) is 35.9 Å². The summed E-state index contributed by atoms with van der Waals surface area (Å²) in [7, 11) is 0. The van der Waals surface area contributed by atoms with Gasteiger partial charge in [-0.3, -0.25) is 4.90 Å². The molecule has 5 nitrogen and oxygen atoms in total. The minimum absolute atomic E-state index is 0.0209. The van der Waals surface area contributed by atoms with E-state index in [-0.39, 0.29) is 18.6 Å². The average molecular weight is 321 g/mol. The third-order valence-electron chi connectivity index (χ3n) is 3.53. The fraction of sp³-hybridized carbons (Fsp3) is 0.611. The molecule has 1 saturated heterocycles. The van der Waals surface area contributed by atoms with Crippen LogP contribution in [0.25, 0.3) is 0 Å². The molecule has 0 unspecified atom stereocenters. The van der Waals surface area contributed by atoms with Crippen LogP contribution in [-0.2, 0) is 25.5 Å². The summed E-state index contributed by atoms with van der Waals surface area (Å²) in [5, 5.41) is 0. The number of benzene rings is 1. The SMILES string of the molecule is CC(C)(C)OC(=O)COC[C@@H]1COCCN1Cc1ccccc1. The van der Waals surface area contributed by atoms with E-state index in [2.05, 4.69) is 17.0 Å². The van der Waals surface area contributed by atoms with Crippen molar-refractivity contribution in [1.82, 2.24) is 4.90 Å². The monoisotopic (exact) mass is 321 g/mol. The van der Waals surface area contributed by atoms with E-state index in [4.69, 9.17) is 14.2 Å². The molecule has 0 spiro atoms. The molecule has 0 bridgehead atoms. The third-order valence-corrected chi connectivity index (χ3v) is 3.53. The van der Waals surface area contributed by atoms with Crippen molar-refractivity contribution < 1.29 is 19.0 Å². The highest BCUT2D eigenvalue weighted by molar-refractivity contribution is 5.71. The van der Waals surface area contributed by atoms with E-state index in [1.54, 1.807) is 0 Å². The zero-order chi connectivity index (χ0) is 16.7. The van der Waals surface area contributed by atoms with Crippen molar-refractivity contribution in [2.24, 2.45) is 0 Å². The minimum Gasteiger partial charge on any atom is -0.458 e. The minimum atomic E-state index is -0.478. The van der Waals surface area contributed by atoms with Crippen LogP contribution in [0.1, 0.15) is 26.3 Å². The Labute approximate surface area is 138 Å². The van der Waals surface area contributed by atoms with Crippen molar-refractivity contribution in [3.63, 3.8) is 0 Å². The summed E-state index contributed by atoms with van der Waals surface area (Å²) in [6.07, 6.45) is 0. The molecule has 0 radical (unpaired) electrons. The number of rotatable bonds is 6. The van der Waals surface area contributed by atoms with Gasteiger partial charge in [-0.15, -0.1) is 0 Å². The Balaban J connectivity index is 1.79. The Bertz CT molecular complexity index is 484. The molecular formula is C18H27NO4. The molecule has 0 N–H and O–H groups in total. The Morgan fingerprint density at radius 3 is 2.74 bits per heavy atom. The van der Waals surface area contributed by atoms with Crippen molar-refractivity contribution in [1.29, 1.82) is 0 Å². The van der Waals surface area contributed by atoms with Crippen LogP contribution in [0.2, 0.25) is 0 Å². The first-order valence-electron chi connectivity index (χ1n) is 8.09. The van der Waals surface area contributed by atoms with Crippen molar-refractivity contribution in [3.8, 4) is 0 Å². The van der Waals surface area contributed by atoms with E-state index in [0.717, 1.165) is 19.7 Å². The lowest BCUT2D eigenvalue weighted by atomic mass is 10.1. The molecule has 23 heavy (non-hydrogen) atoms. The second kappa shape index (κ2) is 8.43. The van der Waals surface area contributed by atoms with Crippen LogP contribution in [0, 0.1) is 0 Å². The van der Waals surface area contributed by atoms with Gasteiger partial charge in [0.05, 0.1) is 25.9 Å². The molecule has 1 aliphatic heterocycles. The number of hydrogen-bond donors (Lipinski definition) is 0. The van der Waals surface area contributed by atoms with E-state index in [1.165, 1.54) is 5.56 Å². The maximum Gasteiger partial charge on any atom is 0.332 e. The number of ether oxygens (including phenoxy) is 3. The van der Waals surface area contributed by atoms with Gasteiger partial charge in [0.15, 0.2) is 0 Å². The van der Waals surface area contributed by atoms with Crippen molar-refractivity contribution in [2.45, 2.75) is 39.0 Å². The Morgan fingerprint density at radius 1 is 1.30 bits per heavy atom. The zero-order valence-electron chi connectivity index (χ0n) is 14.3. The molecule has 1 fully saturated rings. The maximum atomic E-state index is 11.7. The number of esters is 1. The summed E-state index contributed by atoms with van der Waals surface area (Å²) in [5.41, 5.74) is 0.792. The molecule has 2 rings (SSSR count). The first-order valence-corrected chi connectivity index (χ1v) is 8.09. The summed E-state index contributed by atoms with van der Waals surface area (Å²) in [6, 6.07) is 10.5. The molecular weight excluding hydrogens is 294 g/mol. The van der Waals surface area contributed by atoms with Crippen LogP contribution in [0.4, 0.5) is 0 Å². The molecule has 0 saturated carbocycles. The molecule has 5 heteroatoms. The van der Waals surface area contributed by atoms with Crippen LogP contribution in [0.5, 0.6) is 0 Å². The molecule has 0 aromatic heterocycles. The van der Waals surface area contributed by atoms with E-state index in [1.807, 2.05) is 39.0 Å². The normalized spacial score (nSPS) is 19.5. The van der Waals surface area contributed by atoms with Gasteiger partial charge >= 0.3 is 5.97 Å². The van der Waals surface area contributed by atoms with E-state index in [0.29, 0.717) is 13.2 Å². The van der Waals surface area contributed by atoms with E-state index >= 15 is 0 Å². The average Bonchev–Trinajstić information content (AvgIpc) is 2.48. The molecule has 128 valence electrons. The number of hydrogen-bond acceptors (Lipinski definition) is 5. The van der Waals surface area contributed by atoms with Gasteiger partial charge in [0.25, 0.3) is 0 Å². The second-order valence-corrected chi connectivity index (χ2v) is 6.79. The fourth-order valence-corrected chi connectivity index (χ4v) is 2.52. The first-order chi connectivity index (χ1) is 10.9. The molecule has 0 aliphatic carbocycles. The maximum absolute atomic E-state index is 11.7. The van der Waals surface area contributed by atoms with Crippen LogP contribution < -0.4 is 0 Å². The largest absolute Gasteiger partial charge is 0.458 e. The highest BCUT2D eigenvalue weighted by Crippen LogP contribution is 2.13. The van der Waals surface area contributed by atoms with Crippen LogP contribution in [0.15, 0.2) is 30.3 Å². The standard InChI is InChI=1S/C18H27NO4/c1-18(2,3)23-17(20)14-22-13-16-12-21-10-9-19(16)11-15-7-5-4-6-8-15/h4-8,16H,9-14H2,1-3H3/t16-/m0/s1. The van der Waals surface area contributed by atoms with Crippen LogP contribution in [0.3, 0.4) is 0 Å². The number of morpholine rings is 1. The fourth-order valence-electron chi connectivity index (χ4n) is 2.52. The number of carbonyl (C=O) groups is 1. The van der Waals surface area contributed by atoms with E-state index in [9.17, 15) is 4.79 Å². The first kappa shape index (κ1) is 17.9. The number of nitrogens with zero attached hydrogens (tertiary/aromatic N) is 1. The molecule has 1 aromatic rings. The molecule has 1 aromatic carbocycles. The molecule has 0 amide bonds. The lowest BCUT2D eigenvalue weighted by Crippen LogP contribution is -2.47. The highest BCUT2D eigenvalue weighted by Gasteiger charge is 2.24. The Hall–Kier alpha value is -1.43. The highest BCUT2D eigenvalue weighted by atomic mass is 16.6. The molecule has 1 atom stereocenters. The summed E-state index contributed by atoms with van der Waals surface area (Å²) < 4.78 is 16.3. The second-order valence-electron chi connectivity index (χ2n) is 6.79. The van der Waals surface area contributed by atoms with Gasteiger partial charge in [-0.25, -0.2) is 4.79 Å². The van der Waals surface area contributed by atoms with E-state index < -0.39 is 5.60 Å². The zero-order valence-corrected chi connectivity index (χ0v) is 14.3. The Morgan fingerprint density at radius 2 is 2.04 bits per heavy atom. The van der Waals surface area contributed by atoms with Crippen molar-refractivity contribution in [2.75, 3.05) is 33.0 Å². The van der Waals surface area contributed by atoms with Gasteiger partial charge in [-0.2, -0.15) is 0 Å². The predicted octanol–water partition coefficient (Wildman–Crippen LogP) is 2.25. The summed E-state index contributed by atoms with van der Waals surface area (Å²) >= 11 is 0. The lowest BCUT2D eigenvalue weighted by molar-refractivity contribution is -0.161. The topological polar surface area (TPSA) is 48.0 Å². The Kier molecular flexibility index (Phi) is 6.57. The van der Waals surface area contributed by atoms with Gasteiger partial charge in [0, 0.05) is 13.1 Å². The summed E-state index contributed by atoms with van der Waals surface area (Å²) in [5.74, 6) is -0.330. The van der Waals surface area contributed by atoms with Gasteiger partial charge in [0.2, 0.25) is 0 Å². The van der Waals surface area contributed by atoms with Crippen LogP contribution in [-0.4, -0.2) is 55.5 Å². The summed E-state index contributed by atoms with van der Waals surface area (Å²) in [6.45, 7) is 9.08. The third kappa shape index (κ3) is 6.69. The van der Waals surface area contributed by atoms with Gasteiger partial charge in [-0.1, -0.05) is 30.3 Å².